The standard InChI is InChI=1S/C12H17NO9S2/c13-11(12(15)16)3-7-1-2-9(14)4-10(7)8(5-23(17,18)19)6-24(20,21)22/h1-2,4,8,11,14H,3,5-6,13H2,(H,15,16)(H,17,18,19)(H,20,21,22)/t11-/m0/s1. The maximum absolute atomic E-state index is 11.1. The van der Waals surface area contributed by atoms with Crippen LogP contribution in [0.15, 0.2) is 18.2 Å². The van der Waals surface area contributed by atoms with Crippen molar-refractivity contribution >= 4 is 26.2 Å². The van der Waals surface area contributed by atoms with E-state index in [2.05, 4.69) is 0 Å². The Hall–Kier alpha value is -1.73. The van der Waals surface area contributed by atoms with Crippen molar-refractivity contribution in [2.75, 3.05) is 11.5 Å². The molecule has 10 nitrogen and oxygen atoms in total. The molecule has 1 rings (SSSR count). The second-order valence-corrected chi connectivity index (χ2v) is 8.22. The molecule has 0 aromatic heterocycles. The summed E-state index contributed by atoms with van der Waals surface area (Å²) in [7, 11) is -9.25. The van der Waals surface area contributed by atoms with Crippen LogP contribution in [0.3, 0.4) is 0 Å². The first kappa shape index (κ1) is 20.3. The van der Waals surface area contributed by atoms with Crippen molar-refractivity contribution in [3.63, 3.8) is 0 Å². The molecule has 0 saturated heterocycles. The van der Waals surface area contributed by atoms with E-state index < -0.39 is 49.7 Å². The number of nitrogens with two attached hydrogens (primary N) is 1. The second kappa shape index (κ2) is 7.44. The Morgan fingerprint density at radius 2 is 1.58 bits per heavy atom. The average molecular weight is 383 g/mol. The maximum atomic E-state index is 11.1. The molecule has 0 heterocycles. The Bertz CT molecular complexity index is 783. The van der Waals surface area contributed by atoms with Gasteiger partial charge in [-0.3, -0.25) is 13.9 Å². The third-order valence-electron chi connectivity index (χ3n) is 3.15. The molecule has 0 bridgehead atoms. The van der Waals surface area contributed by atoms with Crippen molar-refractivity contribution in [3.8, 4) is 5.75 Å². The Labute approximate surface area is 138 Å². The minimum Gasteiger partial charge on any atom is -0.508 e. The van der Waals surface area contributed by atoms with Crippen LogP contribution in [0, 0.1) is 0 Å². The maximum Gasteiger partial charge on any atom is 0.320 e. The summed E-state index contributed by atoms with van der Waals surface area (Å²) in [5.41, 5.74) is 5.53. The van der Waals surface area contributed by atoms with Crippen molar-refractivity contribution in [2.24, 2.45) is 5.73 Å². The fourth-order valence-electron chi connectivity index (χ4n) is 2.21. The highest BCUT2D eigenvalue weighted by molar-refractivity contribution is 7.86. The number of phenolic OH excluding ortho intramolecular Hbond substituents is 1. The number of carboxylic acid groups (broad SMARTS) is 1. The van der Waals surface area contributed by atoms with Gasteiger partial charge in [0.2, 0.25) is 0 Å². The third-order valence-corrected chi connectivity index (χ3v) is 4.80. The van der Waals surface area contributed by atoms with Crippen LogP contribution in [0.4, 0.5) is 0 Å². The quantitative estimate of drug-likeness (QED) is 0.355. The number of carboxylic acids is 1. The van der Waals surface area contributed by atoms with E-state index in [1.807, 2.05) is 0 Å². The first-order chi connectivity index (χ1) is 10.8. The molecular weight excluding hydrogens is 366 g/mol. The van der Waals surface area contributed by atoms with Crippen LogP contribution in [-0.2, 0) is 31.5 Å². The van der Waals surface area contributed by atoms with Gasteiger partial charge in [-0.1, -0.05) is 6.07 Å². The Morgan fingerprint density at radius 1 is 1.08 bits per heavy atom. The predicted octanol–water partition coefficient (Wildman–Crippen LogP) is -0.794. The molecule has 136 valence electrons. The topological polar surface area (TPSA) is 192 Å². The lowest BCUT2D eigenvalue weighted by atomic mass is 9.92. The zero-order chi connectivity index (χ0) is 18.7. The van der Waals surface area contributed by atoms with E-state index in [0.717, 1.165) is 6.07 Å². The minimum atomic E-state index is -4.62. The van der Waals surface area contributed by atoms with Crippen LogP contribution >= 0.6 is 0 Å². The first-order valence-electron chi connectivity index (χ1n) is 6.49. The number of benzene rings is 1. The first-order valence-corrected chi connectivity index (χ1v) is 9.71. The molecule has 1 atom stereocenters. The molecule has 0 unspecified atom stereocenters. The summed E-state index contributed by atoms with van der Waals surface area (Å²) in [5, 5.41) is 18.4. The molecule has 0 aliphatic carbocycles. The molecule has 0 aliphatic rings. The van der Waals surface area contributed by atoms with E-state index >= 15 is 0 Å². The largest absolute Gasteiger partial charge is 0.508 e. The Balaban J connectivity index is 3.38. The summed E-state index contributed by atoms with van der Waals surface area (Å²) >= 11 is 0. The van der Waals surface area contributed by atoms with Crippen LogP contribution in [0.5, 0.6) is 5.75 Å². The lowest BCUT2D eigenvalue weighted by Crippen LogP contribution is -2.33. The molecule has 1 aromatic carbocycles. The van der Waals surface area contributed by atoms with Crippen molar-refractivity contribution in [1.29, 1.82) is 0 Å². The summed E-state index contributed by atoms with van der Waals surface area (Å²) in [6, 6.07) is 2.12. The fraction of sp³-hybridized carbons (Fsp3) is 0.417. The van der Waals surface area contributed by atoms with Gasteiger partial charge in [-0.25, -0.2) is 0 Å². The molecule has 0 spiro atoms. The van der Waals surface area contributed by atoms with Gasteiger partial charge >= 0.3 is 5.97 Å². The smallest absolute Gasteiger partial charge is 0.320 e. The summed E-state index contributed by atoms with van der Waals surface area (Å²) < 4.78 is 62.5. The normalized spacial score (nSPS) is 13.8. The Morgan fingerprint density at radius 3 is 2.00 bits per heavy atom. The molecule has 12 heteroatoms. The van der Waals surface area contributed by atoms with E-state index in [0.29, 0.717) is 0 Å². The van der Waals surface area contributed by atoms with Crippen LogP contribution in [0.1, 0.15) is 17.0 Å². The van der Waals surface area contributed by atoms with Crippen LogP contribution < -0.4 is 5.73 Å². The minimum absolute atomic E-state index is 0.0537. The third kappa shape index (κ3) is 6.80. The molecule has 1 aromatic rings. The zero-order valence-electron chi connectivity index (χ0n) is 12.2. The van der Waals surface area contributed by atoms with E-state index in [1.54, 1.807) is 0 Å². The van der Waals surface area contributed by atoms with E-state index in [-0.39, 0.29) is 23.3 Å². The Kier molecular flexibility index (Phi) is 6.30. The predicted molar refractivity (Wildman–Crippen MR) is 83.0 cm³/mol. The van der Waals surface area contributed by atoms with Gasteiger partial charge in [-0.05, 0) is 29.7 Å². The van der Waals surface area contributed by atoms with Gasteiger partial charge in [0, 0.05) is 5.92 Å². The number of phenols is 1. The summed E-state index contributed by atoms with van der Waals surface area (Å²) in [5.74, 6) is -5.21. The summed E-state index contributed by atoms with van der Waals surface area (Å²) in [6.45, 7) is 0. The number of aromatic hydroxyl groups is 1. The molecule has 0 aliphatic heterocycles. The molecular formula is C12H17NO9S2. The van der Waals surface area contributed by atoms with Gasteiger partial charge in [-0.2, -0.15) is 16.8 Å². The highest BCUT2D eigenvalue weighted by Crippen LogP contribution is 2.28. The molecule has 0 saturated carbocycles. The van der Waals surface area contributed by atoms with E-state index in [4.69, 9.17) is 19.9 Å². The van der Waals surface area contributed by atoms with Gasteiger partial charge in [0.15, 0.2) is 0 Å². The van der Waals surface area contributed by atoms with Gasteiger partial charge < -0.3 is 15.9 Å². The van der Waals surface area contributed by atoms with Crippen LogP contribution in [0.2, 0.25) is 0 Å². The molecule has 0 radical (unpaired) electrons. The fourth-order valence-corrected chi connectivity index (χ4v) is 3.97. The van der Waals surface area contributed by atoms with Gasteiger partial charge in [0.1, 0.15) is 11.8 Å². The second-order valence-electron chi connectivity index (χ2n) is 5.23. The van der Waals surface area contributed by atoms with E-state index in [9.17, 15) is 26.7 Å². The zero-order valence-corrected chi connectivity index (χ0v) is 13.9. The highest BCUT2D eigenvalue weighted by Gasteiger charge is 2.27. The van der Waals surface area contributed by atoms with Gasteiger partial charge in [-0.15, -0.1) is 0 Å². The summed E-state index contributed by atoms with van der Waals surface area (Å²) in [4.78, 5) is 10.9. The van der Waals surface area contributed by atoms with Crippen molar-refractivity contribution in [3.05, 3.63) is 29.3 Å². The number of hydrogen-bond acceptors (Lipinski definition) is 7. The van der Waals surface area contributed by atoms with E-state index in [1.165, 1.54) is 12.1 Å². The number of aliphatic carboxylic acids is 1. The molecule has 0 fully saturated rings. The number of hydrogen-bond donors (Lipinski definition) is 5. The lowest BCUT2D eigenvalue weighted by Gasteiger charge is -2.19. The molecule has 6 N–H and O–H groups in total. The number of rotatable bonds is 8. The van der Waals surface area contributed by atoms with Crippen LogP contribution in [0.25, 0.3) is 0 Å². The van der Waals surface area contributed by atoms with Crippen LogP contribution in [-0.4, -0.2) is 59.7 Å². The number of carbonyl (C=O) groups is 1. The lowest BCUT2D eigenvalue weighted by molar-refractivity contribution is -0.138. The monoisotopic (exact) mass is 383 g/mol. The summed E-state index contributed by atoms with van der Waals surface area (Å²) in [6.07, 6.45) is -0.279. The van der Waals surface area contributed by atoms with Crippen molar-refractivity contribution in [2.45, 2.75) is 18.4 Å². The van der Waals surface area contributed by atoms with Crippen molar-refractivity contribution in [1.82, 2.24) is 0 Å². The van der Waals surface area contributed by atoms with Gasteiger partial charge in [0.25, 0.3) is 20.2 Å². The van der Waals surface area contributed by atoms with Crippen molar-refractivity contribution < 1.29 is 40.9 Å². The van der Waals surface area contributed by atoms with Gasteiger partial charge in [0.05, 0.1) is 11.5 Å². The molecule has 0 amide bonds. The average Bonchev–Trinajstić information content (AvgIpc) is 2.36. The SMILES string of the molecule is N[C@@H](Cc1ccc(O)cc1C(CS(=O)(=O)O)CS(=O)(=O)O)C(=O)O. The molecule has 24 heavy (non-hydrogen) atoms. The highest BCUT2D eigenvalue weighted by atomic mass is 32.2.